The van der Waals surface area contributed by atoms with E-state index in [1.165, 1.54) is 19.2 Å². The lowest BCUT2D eigenvalue weighted by Gasteiger charge is -2.41. The molecular weight excluding hydrogens is 450 g/mol. The van der Waals surface area contributed by atoms with Crippen LogP contribution in [0.1, 0.15) is 63.8 Å². The minimum Gasteiger partial charge on any atom is -0.353 e. The van der Waals surface area contributed by atoms with E-state index in [9.17, 15) is 35.9 Å². The number of nitrogens with one attached hydrogen (secondary N) is 1. The van der Waals surface area contributed by atoms with Crippen LogP contribution in [0.25, 0.3) is 0 Å². The molecule has 2 amide bonds. The Morgan fingerprint density at radius 1 is 0.970 bits per heavy atom. The van der Waals surface area contributed by atoms with Crippen molar-refractivity contribution >= 4 is 11.8 Å². The summed E-state index contributed by atoms with van der Waals surface area (Å²) in [5, 5.41) is 2.83. The molecule has 10 heteroatoms. The van der Waals surface area contributed by atoms with Gasteiger partial charge in [0.2, 0.25) is 5.91 Å². The molecule has 2 atom stereocenters. The van der Waals surface area contributed by atoms with Crippen LogP contribution < -0.4 is 5.32 Å². The normalized spacial score (nSPS) is 21.4. The van der Waals surface area contributed by atoms with Gasteiger partial charge in [-0.05, 0) is 54.7 Å². The highest BCUT2D eigenvalue weighted by Crippen LogP contribution is 2.45. The van der Waals surface area contributed by atoms with Crippen molar-refractivity contribution in [2.45, 2.75) is 49.6 Å². The molecule has 2 aromatic rings. The summed E-state index contributed by atoms with van der Waals surface area (Å²) in [4.78, 5) is 27.3. The number of alkyl halides is 6. The molecule has 2 aromatic carbocycles. The highest BCUT2D eigenvalue weighted by Gasteiger charge is 2.45. The number of nitrogens with zero attached hydrogens (tertiary/aromatic N) is 1. The van der Waals surface area contributed by atoms with Crippen molar-refractivity contribution in [3.63, 3.8) is 0 Å². The van der Waals surface area contributed by atoms with Crippen molar-refractivity contribution in [2.75, 3.05) is 7.05 Å². The van der Waals surface area contributed by atoms with E-state index in [1.807, 2.05) is 0 Å². The number of fused-ring (bicyclic) bond motifs is 1. The summed E-state index contributed by atoms with van der Waals surface area (Å²) >= 11 is 0. The first-order valence-electron chi connectivity index (χ1n) is 10.3. The molecule has 1 N–H and O–H groups in total. The number of halogens is 6. The summed E-state index contributed by atoms with van der Waals surface area (Å²) in [6.07, 6.45) is -7.71. The summed E-state index contributed by atoms with van der Waals surface area (Å²) in [5.41, 5.74) is -2.94. The van der Waals surface area contributed by atoms with E-state index >= 15 is 0 Å². The molecule has 0 saturated heterocycles. The van der Waals surface area contributed by atoms with Crippen LogP contribution in [-0.2, 0) is 17.1 Å². The second-order valence-electron chi connectivity index (χ2n) is 8.40. The Kier molecular flexibility index (Phi) is 5.66. The lowest BCUT2D eigenvalue weighted by atomic mass is 9.78. The van der Waals surface area contributed by atoms with Gasteiger partial charge >= 0.3 is 12.4 Å². The fourth-order valence-electron chi connectivity index (χ4n) is 4.37. The molecule has 2 aliphatic rings. The quantitative estimate of drug-likeness (QED) is 0.619. The van der Waals surface area contributed by atoms with Crippen LogP contribution in [0.15, 0.2) is 42.5 Å². The lowest BCUT2D eigenvalue weighted by Crippen LogP contribution is -2.49. The Labute approximate surface area is 185 Å². The fourth-order valence-corrected chi connectivity index (χ4v) is 4.37. The molecule has 33 heavy (non-hydrogen) atoms. The number of rotatable bonds is 3. The van der Waals surface area contributed by atoms with Crippen molar-refractivity contribution in [2.24, 2.45) is 0 Å². The molecule has 2 unspecified atom stereocenters. The number of hydrogen-bond acceptors (Lipinski definition) is 2. The van der Waals surface area contributed by atoms with E-state index in [2.05, 4.69) is 5.32 Å². The number of likely N-dealkylation sites (N-methyl/N-ethyl adjacent to an activating group) is 1. The zero-order chi connectivity index (χ0) is 24.1. The van der Waals surface area contributed by atoms with Crippen LogP contribution in [0.4, 0.5) is 26.3 Å². The molecule has 1 saturated carbocycles. The van der Waals surface area contributed by atoms with Crippen LogP contribution in [0.3, 0.4) is 0 Å². The molecule has 1 heterocycles. The Morgan fingerprint density at radius 3 is 2.06 bits per heavy atom. The van der Waals surface area contributed by atoms with Gasteiger partial charge in [0.25, 0.3) is 5.91 Å². The molecule has 4 nitrogen and oxygen atoms in total. The first kappa shape index (κ1) is 23.1. The van der Waals surface area contributed by atoms with Crippen LogP contribution >= 0.6 is 0 Å². The SMILES string of the molecule is CN1C(=O)c2ccccc2C(C(=O)NC2CCC2)C1c1cc(C(F)(F)F)cc(C(F)(F)F)c1. The van der Waals surface area contributed by atoms with Gasteiger partial charge in [0.1, 0.15) is 0 Å². The predicted molar refractivity (Wildman–Crippen MR) is 106 cm³/mol. The zero-order valence-corrected chi connectivity index (χ0v) is 17.4. The molecule has 1 fully saturated rings. The Morgan fingerprint density at radius 2 is 1.55 bits per heavy atom. The number of carbonyl (C=O) groups is 2. The predicted octanol–water partition coefficient (Wildman–Crippen LogP) is 5.30. The Hall–Kier alpha value is -3.04. The maximum atomic E-state index is 13.5. The third-order valence-corrected chi connectivity index (χ3v) is 6.27. The maximum Gasteiger partial charge on any atom is 0.416 e. The lowest BCUT2D eigenvalue weighted by molar-refractivity contribution is -0.143. The summed E-state index contributed by atoms with van der Waals surface area (Å²) in [6, 6.07) is 5.89. The van der Waals surface area contributed by atoms with Gasteiger partial charge in [0.15, 0.2) is 0 Å². The zero-order valence-electron chi connectivity index (χ0n) is 17.4. The van der Waals surface area contributed by atoms with Gasteiger partial charge in [-0.25, -0.2) is 0 Å². The average Bonchev–Trinajstić information content (AvgIpc) is 2.71. The van der Waals surface area contributed by atoms with Gasteiger partial charge in [-0.3, -0.25) is 9.59 Å². The van der Waals surface area contributed by atoms with E-state index in [1.54, 1.807) is 12.1 Å². The van der Waals surface area contributed by atoms with Gasteiger partial charge in [0.05, 0.1) is 23.1 Å². The first-order valence-corrected chi connectivity index (χ1v) is 10.3. The van der Waals surface area contributed by atoms with E-state index in [0.717, 1.165) is 24.2 Å². The molecule has 0 aromatic heterocycles. The fraction of sp³-hybridized carbons (Fsp3) is 0.391. The summed E-state index contributed by atoms with van der Waals surface area (Å²) < 4.78 is 80.8. The third kappa shape index (κ3) is 4.30. The number of hydrogen-bond donors (Lipinski definition) is 1. The summed E-state index contributed by atoms with van der Waals surface area (Å²) in [6.45, 7) is 0. The van der Waals surface area contributed by atoms with Crippen molar-refractivity contribution in [1.29, 1.82) is 0 Å². The molecule has 1 aliphatic heterocycles. The topological polar surface area (TPSA) is 49.4 Å². The summed E-state index contributed by atoms with van der Waals surface area (Å²) in [7, 11) is 1.28. The minimum absolute atomic E-state index is 0.0333. The van der Waals surface area contributed by atoms with Crippen LogP contribution in [0.5, 0.6) is 0 Å². The standard InChI is InChI=1S/C23H20F6N2O2/c1-31-19(12-9-13(22(24,25)26)11-14(10-12)23(27,28)29)18(20(32)30-15-5-4-6-15)16-7-2-3-8-17(16)21(31)33/h2-3,7-11,15,18-19H,4-6H2,1H3,(H,30,32). The third-order valence-electron chi connectivity index (χ3n) is 6.27. The second-order valence-corrected chi connectivity index (χ2v) is 8.40. The second kappa shape index (κ2) is 8.07. The Balaban J connectivity index is 1.90. The number of benzene rings is 2. The first-order chi connectivity index (χ1) is 15.4. The van der Waals surface area contributed by atoms with Gasteiger partial charge < -0.3 is 10.2 Å². The summed E-state index contributed by atoms with van der Waals surface area (Å²) in [5.74, 6) is -2.30. The molecule has 4 rings (SSSR count). The van der Waals surface area contributed by atoms with Crippen LogP contribution in [-0.4, -0.2) is 29.8 Å². The van der Waals surface area contributed by atoms with E-state index in [0.29, 0.717) is 12.1 Å². The van der Waals surface area contributed by atoms with Gasteiger partial charge in [0, 0.05) is 18.7 Å². The highest BCUT2D eigenvalue weighted by molar-refractivity contribution is 6.01. The minimum atomic E-state index is -5.05. The molecule has 0 spiro atoms. The smallest absolute Gasteiger partial charge is 0.353 e. The molecular formula is C23H20F6N2O2. The molecule has 1 aliphatic carbocycles. The van der Waals surface area contributed by atoms with E-state index in [4.69, 9.17) is 0 Å². The van der Waals surface area contributed by atoms with E-state index < -0.39 is 52.8 Å². The number of carbonyl (C=O) groups excluding carboxylic acids is 2. The van der Waals surface area contributed by atoms with Crippen LogP contribution in [0, 0.1) is 0 Å². The monoisotopic (exact) mass is 470 g/mol. The van der Waals surface area contributed by atoms with Crippen molar-refractivity contribution in [3.05, 3.63) is 70.3 Å². The largest absolute Gasteiger partial charge is 0.416 e. The van der Waals surface area contributed by atoms with Gasteiger partial charge in [-0.1, -0.05) is 18.2 Å². The van der Waals surface area contributed by atoms with Crippen LogP contribution in [0.2, 0.25) is 0 Å². The molecule has 0 bridgehead atoms. The van der Waals surface area contributed by atoms with Crippen molar-refractivity contribution < 1.29 is 35.9 Å². The van der Waals surface area contributed by atoms with Crippen molar-refractivity contribution in [3.8, 4) is 0 Å². The highest BCUT2D eigenvalue weighted by atomic mass is 19.4. The molecule has 176 valence electrons. The van der Waals surface area contributed by atoms with Crippen molar-refractivity contribution in [1.82, 2.24) is 10.2 Å². The van der Waals surface area contributed by atoms with Gasteiger partial charge in [-0.15, -0.1) is 0 Å². The average molecular weight is 470 g/mol. The number of amides is 2. The maximum absolute atomic E-state index is 13.5. The van der Waals surface area contributed by atoms with E-state index in [-0.39, 0.29) is 23.2 Å². The Bertz CT molecular complexity index is 1060. The molecule has 0 radical (unpaired) electrons. The van der Waals surface area contributed by atoms with Gasteiger partial charge in [-0.2, -0.15) is 26.3 Å².